The SMILES string of the molecule is COC(=O)C1=CO[C@@H](C)[C@H]2CN3CC[C@]4(C(=O)Nc5cc(OC)ccc54)[C@@H]3C[C@@H]12. The smallest absolute Gasteiger partial charge is 0.337 e. The maximum Gasteiger partial charge on any atom is 0.337 e. The fourth-order valence-electron chi connectivity index (χ4n) is 5.93. The van der Waals surface area contributed by atoms with Gasteiger partial charge in [-0.05, 0) is 37.9 Å². The maximum atomic E-state index is 13.3. The van der Waals surface area contributed by atoms with Gasteiger partial charge in [0, 0.05) is 36.2 Å². The van der Waals surface area contributed by atoms with Gasteiger partial charge in [-0.2, -0.15) is 0 Å². The number of ether oxygens (including phenoxy) is 3. The molecule has 7 heteroatoms. The topological polar surface area (TPSA) is 77.1 Å². The highest BCUT2D eigenvalue weighted by Crippen LogP contribution is 2.54. The van der Waals surface area contributed by atoms with Crippen molar-refractivity contribution in [1.82, 2.24) is 4.90 Å². The van der Waals surface area contributed by atoms with Gasteiger partial charge >= 0.3 is 5.97 Å². The van der Waals surface area contributed by atoms with E-state index in [0.717, 1.165) is 42.9 Å². The second-order valence-electron chi connectivity index (χ2n) is 8.51. The van der Waals surface area contributed by atoms with Gasteiger partial charge in [0.25, 0.3) is 0 Å². The molecule has 0 aromatic heterocycles. The van der Waals surface area contributed by atoms with Gasteiger partial charge in [-0.15, -0.1) is 0 Å². The second kappa shape index (κ2) is 6.49. The first-order valence-corrected chi connectivity index (χ1v) is 10.2. The van der Waals surface area contributed by atoms with Crippen molar-refractivity contribution in [2.24, 2.45) is 11.8 Å². The van der Waals surface area contributed by atoms with Crippen LogP contribution in [0.1, 0.15) is 25.3 Å². The molecular weight excluding hydrogens is 372 g/mol. The molecule has 4 aliphatic rings. The first-order valence-electron chi connectivity index (χ1n) is 10.2. The van der Waals surface area contributed by atoms with Gasteiger partial charge in [0.05, 0.1) is 37.6 Å². The molecular formula is C22H26N2O5. The summed E-state index contributed by atoms with van der Waals surface area (Å²) in [6.45, 7) is 3.72. The van der Waals surface area contributed by atoms with E-state index >= 15 is 0 Å². The molecule has 1 aromatic carbocycles. The lowest BCUT2D eigenvalue weighted by Crippen LogP contribution is -2.56. The molecule has 5 atom stereocenters. The number of carbonyl (C=O) groups is 2. The summed E-state index contributed by atoms with van der Waals surface area (Å²) in [7, 11) is 3.02. The van der Waals surface area contributed by atoms with E-state index < -0.39 is 5.41 Å². The van der Waals surface area contributed by atoms with Crippen LogP contribution in [0.15, 0.2) is 30.0 Å². The summed E-state index contributed by atoms with van der Waals surface area (Å²) >= 11 is 0. The third-order valence-electron chi connectivity index (χ3n) is 7.44. The molecule has 0 aliphatic carbocycles. The summed E-state index contributed by atoms with van der Waals surface area (Å²) in [5, 5.41) is 3.09. The van der Waals surface area contributed by atoms with Crippen molar-refractivity contribution < 1.29 is 23.8 Å². The van der Waals surface area contributed by atoms with Gasteiger partial charge < -0.3 is 19.5 Å². The average Bonchev–Trinajstić information content (AvgIpc) is 3.25. The van der Waals surface area contributed by atoms with E-state index in [4.69, 9.17) is 14.2 Å². The zero-order valence-electron chi connectivity index (χ0n) is 16.9. The standard InChI is InChI=1S/C22H26N2O5/c1-12-15-10-24-7-6-22(17-5-4-13(27-2)8-18(17)23-21(22)26)19(24)9-14(15)16(11-29-12)20(25)28-3/h4-5,8,11-12,14-15,19H,6-7,9-10H2,1-3H3,(H,23,26)/t12-,14+,15+,19-,22+/m0/s1. The van der Waals surface area contributed by atoms with Gasteiger partial charge in [0.15, 0.2) is 0 Å². The van der Waals surface area contributed by atoms with Crippen LogP contribution in [-0.2, 0) is 24.5 Å². The van der Waals surface area contributed by atoms with Crippen molar-refractivity contribution in [3.05, 3.63) is 35.6 Å². The van der Waals surface area contributed by atoms with Gasteiger partial charge in [-0.1, -0.05) is 6.07 Å². The molecule has 2 saturated heterocycles. The molecule has 4 heterocycles. The van der Waals surface area contributed by atoms with Crippen molar-refractivity contribution >= 4 is 17.6 Å². The predicted molar refractivity (Wildman–Crippen MR) is 106 cm³/mol. The number of benzene rings is 1. The van der Waals surface area contributed by atoms with Crippen LogP contribution in [0.4, 0.5) is 5.69 Å². The van der Waals surface area contributed by atoms with Gasteiger partial charge in [-0.25, -0.2) is 4.79 Å². The summed E-state index contributed by atoms with van der Waals surface area (Å²) in [6.07, 6.45) is 3.11. The molecule has 0 radical (unpaired) electrons. The van der Waals surface area contributed by atoms with Crippen molar-refractivity contribution in [2.45, 2.75) is 37.3 Å². The van der Waals surface area contributed by atoms with E-state index in [2.05, 4.69) is 17.1 Å². The number of piperidine rings is 1. The molecule has 7 nitrogen and oxygen atoms in total. The summed E-state index contributed by atoms with van der Waals surface area (Å²) in [6, 6.07) is 5.88. The zero-order valence-corrected chi connectivity index (χ0v) is 16.9. The number of rotatable bonds is 2. The molecule has 154 valence electrons. The molecule has 2 fully saturated rings. The zero-order chi connectivity index (χ0) is 20.3. The van der Waals surface area contributed by atoms with Gasteiger partial charge in [0.2, 0.25) is 5.91 Å². The molecule has 5 rings (SSSR count). The van der Waals surface area contributed by atoms with Crippen LogP contribution in [0.2, 0.25) is 0 Å². The third-order valence-corrected chi connectivity index (χ3v) is 7.44. The number of esters is 1. The van der Waals surface area contributed by atoms with Crippen LogP contribution >= 0.6 is 0 Å². The molecule has 29 heavy (non-hydrogen) atoms. The third kappa shape index (κ3) is 2.46. The molecule has 1 N–H and O–H groups in total. The first kappa shape index (κ1) is 18.5. The maximum absolute atomic E-state index is 13.3. The van der Waals surface area contributed by atoms with Crippen LogP contribution in [0.3, 0.4) is 0 Å². The van der Waals surface area contributed by atoms with E-state index in [1.165, 1.54) is 7.11 Å². The minimum atomic E-state index is -0.588. The number of nitrogens with one attached hydrogen (secondary N) is 1. The number of methoxy groups -OCH3 is 2. The van der Waals surface area contributed by atoms with E-state index in [-0.39, 0.29) is 35.9 Å². The molecule has 1 amide bonds. The van der Waals surface area contributed by atoms with Crippen molar-refractivity contribution in [2.75, 3.05) is 32.6 Å². The quantitative estimate of drug-likeness (QED) is 0.769. The minimum absolute atomic E-state index is 0.0255. The number of carbonyl (C=O) groups excluding carboxylic acids is 2. The molecule has 4 aliphatic heterocycles. The number of fused-ring (bicyclic) bond motifs is 5. The van der Waals surface area contributed by atoms with Crippen molar-refractivity contribution in [3.8, 4) is 5.75 Å². The Morgan fingerprint density at radius 2 is 2.17 bits per heavy atom. The number of nitrogens with zero attached hydrogens (tertiary/aromatic N) is 1. The van der Waals surface area contributed by atoms with Crippen molar-refractivity contribution in [1.29, 1.82) is 0 Å². The molecule has 0 unspecified atom stereocenters. The summed E-state index contributed by atoms with van der Waals surface area (Å²) in [5.74, 6) is 0.676. The molecule has 1 spiro atoms. The van der Waals surface area contributed by atoms with Crippen LogP contribution in [0.5, 0.6) is 5.75 Å². The predicted octanol–water partition coefficient (Wildman–Crippen LogP) is 2.07. The van der Waals surface area contributed by atoms with Crippen molar-refractivity contribution in [3.63, 3.8) is 0 Å². The monoisotopic (exact) mass is 398 g/mol. The highest BCUT2D eigenvalue weighted by molar-refractivity contribution is 6.07. The summed E-state index contributed by atoms with van der Waals surface area (Å²) in [5.41, 5.74) is 1.88. The summed E-state index contributed by atoms with van der Waals surface area (Å²) < 4.78 is 16.1. The fourth-order valence-corrected chi connectivity index (χ4v) is 5.93. The fraction of sp³-hybridized carbons (Fsp3) is 0.545. The van der Waals surface area contributed by atoms with Gasteiger partial charge in [-0.3, -0.25) is 9.69 Å². The van der Waals surface area contributed by atoms with Crippen LogP contribution < -0.4 is 10.1 Å². The number of hydrogen-bond acceptors (Lipinski definition) is 6. The minimum Gasteiger partial charge on any atom is -0.497 e. The molecule has 1 aromatic rings. The highest BCUT2D eigenvalue weighted by atomic mass is 16.5. The average molecular weight is 398 g/mol. The highest BCUT2D eigenvalue weighted by Gasteiger charge is 2.61. The van der Waals surface area contributed by atoms with E-state index in [9.17, 15) is 9.59 Å². The lowest BCUT2D eigenvalue weighted by molar-refractivity contribution is -0.139. The lowest BCUT2D eigenvalue weighted by Gasteiger charge is -2.48. The number of amides is 1. The Hall–Kier alpha value is -2.54. The Balaban J connectivity index is 1.54. The lowest BCUT2D eigenvalue weighted by atomic mass is 9.66. The van der Waals surface area contributed by atoms with E-state index in [1.807, 2.05) is 18.2 Å². The number of anilines is 1. The Kier molecular flexibility index (Phi) is 4.13. The Labute approximate surface area is 170 Å². The Morgan fingerprint density at radius 1 is 1.34 bits per heavy atom. The molecule has 0 bridgehead atoms. The van der Waals surface area contributed by atoms with Crippen LogP contribution in [-0.4, -0.2) is 56.2 Å². The first-order chi connectivity index (χ1) is 14.0. The van der Waals surface area contributed by atoms with E-state index in [0.29, 0.717) is 5.57 Å². The summed E-state index contributed by atoms with van der Waals surface area (Å²) in [4.78, 5) is 28.1. The largest absolute Gasteiger partial charge is 0.497 e. The van der Waals surface area contributed by atoms with Crippen LogP contribution in [0, 0.1) is 11.8 Å². The normalized spacial score (nSPS) is 35.1. The van der Waals surface area contributed by atoms with E-state index in [1.54, 1.807) is 13.4 Å². The van der Waals surface area contributed by atoms with Gasteiger partial charge in [0.1, 0.15) is 5.75 Å². The Bertz CT molecular complexity index is 912. The Morgan fingerprint density at radius 3 is 2.93 bits per heavy atom. The van der Waals surface area contributed by atoms with Crippen LogP contribution in [0.25, 0.3) is 0 Å². The second-order valence-corrected chi connectivity index (χ2v) is 8.51. The molecule has 0 saturated carbocycles. The number of hydrogen-bond donors (Lipinski definition) is 1.